The first-order chi connectivity index (χ1) is 13.8. The molecule has 0 N–H and O–H groups in total. The Morgan fingerprint density at radius 1 is 0.786 bits per heavy atom. The van der Waals surface area contributed by atoms with E-state index in [-0.39, 0.29) is 6.61 Å². The maximum atomic E-state index is 9.16. The van der Waals surface area contributed by atoms with E-state index in [9.17, 15) is 0 Å². The lowest BCUT2D eigenvalue weighted by Crippen LogP contribution is -2.08. The van der Waals surface area contributed by atoms with Gasteiger partial charge in [0.25, 0.3) is 0 Å². The minimum Gasteiger partial charge on any atom is -0.485 e. The van der Waals surface area contributed by atoms with Crippen LogP contribution in [0.2, 0.25) is 0 Å². The Balaban J connectivity index is 1.81. The van der Waals surface area contributed by atoms with Gasteiger partial charge in [-0.05, 0) is 18.2 Å². The van der Waals surface area contributed by atoms with Gasteiger partial charge < -0.3 is 4.74 Å². The van der Waals surface area contributed by atoms with Crippen LogP contribution in [0.4, 0.5) is 0 Å². The van der Waals surface area contributed by atoms with E-state index in [0.717, 1.165) is 33.6 Å². The van der Waals surface area contributed by atoms with E-state index in [1.165, 1.54) is 0 Å². The molecule has 0 saturated heterocycles. The molecule has 1 aliphatic heterocycles. The molecule has 0 spiro atoms. The largest absolute Gasteiger partial charge is 0.485 e. The van der Waals surface area contributed by atoms with E-state index < -0.39 is 0 Å². The summed E-state index contributed by atoms with van der Waals surface area (Å²) in [5, 5.41) is 9.16. The van der Waals surface area contributed by atoms with Gasteiger partial charge in [-0.2, -0.15) is 5.26 Å². The van der Waals surface area contributed by atoms with Crippen LogP contribution in [0.15, 0.2) is 78.4 Å². The van der Waals surface area contributed by atoms with Crippen LogP contribution in [0.1, 0.15) is 5.56 Å². The third kappa shape index (κ3) is 2.70. The van der Waals surface area contributed by atoms with Crippen LogP contribution < -0.4 is 4.74 Å². The molecule has 0 saturated carbocycles. The van der Waals surface area contributed by atoms with E-state index in [2.05, 4.69) is 6.07 Å². The highest BCUT2D eigenvalue weighted by Crippen LogP contribution is 2.37. The zero-order chi connectivity index (χ0) is 18.9. The molecule has 4 heteroatoms. The van der Waals surface area contributed by atoms with E-state index in [0.29, 0.717) is 16.8 Å². The molecule has 1 aliphatic rings. The lowest BCUT2D eigenvalue weighted by atomic mass is 10.0. The van der Waals surface area contributed by atoms with E-state index in [1.807, 2.05) is 78.9 Å². The Morgan fingerprint density at radius 3 is 2.07 bits per heavy atom. The fraction of sp³-hybridized carbons (Fsp3) is 0.0417. The SMILES string of the molecule is N#CC1=Cc2ccc3nc(-c4ccccc4)c(-c4ccccc4)nc3c2OC1. The first-order valence-electron chi connectivity index (χ1n) is 9.02. The third-order valence-corrected chi connectivity index (χ3v) is 4.76. The van der Waals surface area contributed by atoms with E-state index >= 15 is 0 Å². The minimum absolute atomic E-state index is 0.255. The van der Waals surface area contributed by atoms with Crippen molar-refractivity contribution in [3.63, 3.8) is 0 Å². The van der Waals surface area contributed by atoms with E-state index in [1.54, 1.807) is 0 Å². The molecule has 0 radical (unpaired) electrons. The standard InChI is InChI=1S/C24H15N3O/c25-14-16-13-19-11-12-20-23(24(19)28-15-16)27-22(18-9-5-2-6-10-18)21(26-20)17-7-3-1-4-8-17/h1-13H,15H2. The second-order valence-corrected chi connectivity index (χ2v) is 6.57. The molecule has 0 atom stereocenters. The number of benzene rings is 3. The second kappa shape index (κ2) is 6.64. The molecule has 132 valence electrons. The van der Waals surface area contributed by atoms with Crippen molar-refractivity contribution in [3.05, 3.63) is 83.9 Å². The Morgan fingerprint density at radius 2 is 1.43 bits per heavy atom. The Hall–Kier alpha value is -3.97. The highest BCUT2D eigenvalue weighted by Gasteiger charge is 2.19. The number of aromatic nitrogens is 2. The normalized spacial score (nSPS) is 12.6. The molecule has 0 unspecified atom stereocenters. The van der Waals surface area contributed by atoms with Gasteiger partial charge in [0, 0.05) is 16.7 Å². The van der Waals surface area contributed by atoms with Gasteiger partial charge in [-0.3, -0.25) is 0 Å². The van der Waals surface area contributed by atoms with Gasteiger partial charge in [0.1, 0.15) is 12.1 Å². The molecule has 0 bridgehead atoms. The molecule has 2 heterocycles. The van der Waals surface area contributed by atoms with Crippen molar-refractivity contribution >= 4 is 17.1 Å². The second-order valence-electron chi connectivity index (χ2n) is 6.57. The molecule has 0 fully saturated rings. The van der Waals surface area contributed by atoms with Gasteiger partial charge in [-0.15, -0.1) is 0 Å². The van der Waals surface area contributed by atoms with Gasteiger partial charge in [0.15, 0.2) is 5.75 Å². The highest BCUT2D eigenvalue weighted by molar-refractivity contribution is 5.92. The molecule has 0 aliphatic carbocycles. The number of hydrogen-bond acceptors (Lipinski definition) is 4. The number of nitriles is 1. The first-order valence-corrected chi connectivity index (χ1v) is 9.02. The van der Waals surface area contributed by atoms with Crippen LogP contribution in [0.25, 0.3) is 39.6 Å². The molecule has 4 nitrogen and oxygen atoms in total. The summed E-state index contributed by atoms with van der Waals surface area (Å²) in [6.45, 7) is 0.255. The number of nitrogens with zero attached hydrogens (tertiary/aromatic N) is 3. The number of fused-ring (bicyclic) bond motifs is 3. The Labute approximate surface area is 162 Å². The maximum Gasteiger partial charge on any atom is 0.154 e. The summed E-state index contributed by atoms with van der Waals surface area (Å²) in [7, 11) is 0. The van der Waals surface area contributed by atoms with Crippen molar-refractivity contribution < 1.29 is 4.74 Å². The molecule has 5 rings (SSSR count). The van der Waals surface area contributed by atoms with Crippen LogP contribution in [-0.4, -0.2) is 16.6 Å². The van der Waals surface area contributed by atoms with E-state index in [4.69, 9.17) is 20.0 Å². The fourth-order valence-corrected chi connectivity index (χ4v) is 3.42. The molecular formula is C24H15N3O. The fourth-order valence-electron chi connectivity index (χ4n) is 3.42. The van der Waals surface area contributed by atoms with Crippen LogP contribution in [-0.2, 0) is 0 Å². The third-order valence-electron chi connectivity index (χ3n) is 4.76. The van der Waals surface area contributed by atoms with Crippen molar-refractivity contribution in [3.8, 4) is 34.3 Å². The van der Waals surface area contributed by atoms with Crippen LogP contribution in [0.3, 0.4) is 0 Å². The Kier molecular flexibility index (Phi) is 3.85. The lowest BCUT2D eigenvalue weighted by molar-refractivity contribution is 0.355. The van der Waals surface area contributed by atoms with Crippen LogP contribution >= 0.6 is 0 Å². The van der Waals surface area contributed by atoms with Gasteiger partial charge in [-0.1, -0.05) is 60.7 Å². The van der Waals surface area contributed by atoms with Crippen molar-refractivity contribution in [2.24, 2.45) is 0 Å². The van der Waals surface area contributed by atoms with Gasteiger partial charge in [0.05, 0.1) is 28.5 Å². The summed E-state index contributed by atoms with van der Waals surface area (Å²) in [6, 6.07) is 26.1. The number of ether oxygens (including phenoxy) is 1. The van der Waals surface area contributed by atoms with Crippen LogP contribution in [0, 0.1) is 11.3 Å². The van der Waals surface area contributed by atoms with Crippen molar-refractivity contribution in [1.29, 1.82) is 5.26 Å². The molecule has 28 heavy (non-hydrogen) atoms. The monoisotopic (exact) mass is 361 g/mol. The minimum atomic E-state index is 0.255. The predicted octanol–water partition coefficient (Wildman–Crippen LogP) is 5.26. The topological polar surface area (TPSA) is 58.8 Å². The summed E-state index contributed by atoms with van der Waals surface area (Å²) in [5.41, 5.74) is 6.60. The number of hydrogen-bond donors (Lipinski definition) is 0. The zero-order valence-corrected chi connectivity index (χ0v) is 15.0. The summed E-state index contributed by atoms with van der Waals surface area (Å²) in [4.78, 5) is 9.93. The smallest absolute Gasteiger partial charge is 0.154 e. The molecule has 1 aromatic heterocycles. The average molecular weight is 361 g/mol. The van der Waals surface area contributed by atoms with Gasteiger partial charge in [-0.25, -0.2) is 9.97 Å². The molecular weight excluding hydrogens is 346 g/mol. The zero-order valence-electron chi connectivity index (χ0n) is 15.0. The Bertz CT molecular complexity index is 1260. The van der Waals surface area contributed by atoms with Crippen molar-refractivity contribution in [1.82, 2.24) is 9.97 Å². The molecule has 4 aromatic rings. The predicted molar refractivity (Wildman–Crippen MR) is 109 cm³/mol. The van der Waals surface area contributed by atoms with Gasteiger partial charge in [0.2, 0.25) is 0 Å². The lowest BCUT2D eigenvalue weighted by Gasteiger charge is -2.17. The number of rotatable bonds is 2. The average Bonchev–Trinajstić information content (AvgIpc) is 2.78. The first kappa shape index (κ1) is 16.2. The molecule has 0 amide bonds. The van der Waals surface area contributed by atoms with Crippen molar-refractivity contribution in [2.45, 2.75) is 0 Å². The van der Waals surface area contributed by atoms with Crippen LogP contribution in [0.5, 0.6) is 5.75 Å². The summed E-state index contributed by atoms with van der Waals surface area (Å²) in [5.74, 6) is 0.681. The summed E-state index contributed by atoms with van der Waals surface area (Å²) >= 11 is 0. The quantitative estimate of drug-likeness (QED) is 0.488. The molecule has 3 aromatic carbocycles. The highest BCUT2D eigenvalue weighted by atomic mass is 16.5. The summed E-state index contributed by atoms with van der Waals surface area (Å²) in [6.07, 6.45) is 1.85. The maximum absolute atomic E-state index is 9.16. The van der Waals surface area contributed by atoms with Gasteiger partial charge >= 0.3 is 0 Å². The van der Waals surface area contributed by atoms with Crippen molar-refractivity contribution in [2.75, 3.05) is 6.61 Å². The summed E-state index contributed by atoms with van der Waals surface area (Å²) < 4.78 is 5.88.